The van der Waals surface area contributed by atoms with E-state index in [4.69, 9.17) is 9.84 Å². The molecule has 0 rings (SSSR count). The van der Waals surface area contributed by atoms with Crippen molar-refractivity contribution < 1.29 is 14.6 Å². The van der Waals surface area contributed by atoms with Crippen LogP contribution >= 0.6 is 0 Å². The first-order valence-corrected chi connectivity index (χ1v) is 3.65. The summed E-state index contributed by atoms with van der Waals surface area (Å²) in [5, 5.41) is 11.1. The zero-order valence-electron chi connectivity index (χ0n) is 7.63. The molecule has 0 spiro atoms. The van der Waals surface area contributed by atoms with Gasteiger partial charge in [-0.05, 0) is 26.8 Å². The van der Waals surface area contributed by atoms with E-state index in [2.05, 4.69) is 11.9 Å². The van der Waals surface area contributed by atoms with Crippen molar-refractivity contribution in [2.24, 2.45) is 0 Å². The van der Waals surface area contributed by atoms with E-state index in [-0.39, 0.29) is 0 Å². The predicted octanol–water partition coefficient (Wildman–Crippen LogP) is 1.02. The van der Waals surface area contributed by atoms with Crippen LogP contribution in [0.4, 0.5) is 4.79 Å². The lowest BCUT2D eigenvalue weighted by Gasteiger charge is -2.20. The fourth-order valence-electron chi connectivity index (χ4n) is 0.487. The molecule has 0 aromatic carbocycles. The van der Waals surface area contributed by atoms with E-state index in [1.807, 2.05) is 0 Å². The SMILES string of the molecule is C=CC(O)NC(=O)OC(C)(C)C. The third kappa shape index (κ3) is 5.73. The van der Waals surface area contributed by atoms with Gasteiger partial charge in [-0.2, -0.15) is 0 Å². The Morgan fingerprint density at radius 2 is 2.17 bits per heavy atom. The summed E-state index contributed by atoms with van der Waals surface area (Å²) >= 11 is 0. The molecule has 12 heavy (non-hydrogen) atoms. The summed E-state index contributed by atoms with van der Waals surface area (Å²) in [5.41, 5.74) is -0.551. The molecule has 4 nitrogen and oxygen atoms in total. The van der Waals surface area contributed by atoms with Gasteiger partial charge in [0.25, 0.3) is 0 Å². The van der Waals surface area contributed by atoms with Crippen LogP contribution < -0.4 is 5.32 Å². The average molecular weight is 173 g/mol. The van der Waals surface area contributed by atoms with Crippen molar-refractivity contribution in [1.29, 1.82) is 0 Å². The molecule has 0 aromatic rings. The topological polar surface area (TPSA) is 58.6 Å². The number of aliphatic hydroxyl groups is 1. The summed E-state index contributed by atoms with van der Waals surface area (Å²) in [6.07, 6.45) is -0.515. The highest BCUT2D eigenvalue weighted by molar-refractivity contribution is 5.68. The van der Waals surface area contributed by atoms with Gasteiger partial charge in [0, 0.05) is 0 Å². The zero-order valence-corrected chi connectivity index (χ0v) is 7.63. The van der Waals surface area contributed by atoms with Gasteiger partial charge in [0.2, 0.25) is 0 Å². The van der Waals surface area contributed by atoms with E-state index in [9.17, 15) is 4.79 Å². The molecule has 0 aliphatic heterocycles. The number of alkyl carbamates (subject to hydrolysis) is 1. The van der Waals surface area contributed by atoms with E-state index >= 15 is 0 Å². The number of carbonyl (C=O) groups is 1. The quantitative estimate of drug-likeness (QED) is 0.484. The standard InChI is InChI=1S/C8H15NO3/c1-5-6(10)9-7(11)12-8(2,3)4/h5-6,10H,1H2,2-4H3,(H,9,11). The Hall–Kier alpha value is -1.03. The number of hydrogen-bond acceptors (Lipinski definition) is 3. The predicted molar refractivity (Wildman–Crippen MR) is 45.6 cm³/mol. The van der Waals surface area contributed by atoms with Crippen molar-refractivity contribution in [2.75, 3.05) is 0 Å². The van der Waals surface area contributed by atoms with Crippen LogP contribution in [0.2, 0.25) is 0 Å². The maximum Gasteiger partial charge on any atom is 0.409 e. The Morgan fingerprint density at radius 3 is 2.50 bits per heavy atom. The van der Waals surface area contributed by atoms with E-state index in [1.165, 1.54) is 6.08 Å². The number of amides is 1. The molecular formula is C8H15NO3. The molecule has 0 aromatic heterocycles. The van der Waals surface area contributed by atoms with E-state index in [0.717, 1.165) is 0 Å². The van der Waals surface area contributed by atoms with Crippen LogP contribution in [0.1, 0.15) is 20.8 Å². The molecule has 70 valence electrons. The van der Waals surface area contributed by atoms with Crippen molar-refractivity contribution in [3.63, 3.8) is 0 Å². The van der Waals surface area contributed by atoms with Gasteiger partial charge in [-0.3, -0.25) is 5.32 Å². The summed E-state index contributed by atoms with van der Waals surface area (Å²) in [6.45, 7) is 8.52. The second-order valence-corrected chi connectivity index (χ2v) is 3.33. The molecule has 2 N–H and O–H groups in total. The maximum absolute atomic E-state index is 10.9. The van der Waals surface area contributed by atoms with Gasteiger partial charge in [-0.1, -0.05) is 6.58 Å². The first-order chi connectivity index (χ1) is 5.35. The lowest BCUT2D eigenvalue weighted by molar-refractivity contribution is 0.0418. The molecule has 0 aliphatic carbocycles. The van der Waals surface area contributed by atoms with Gasteiger partial charge in [0.05, 0.1) is 0 Å². The average Bonchev–Trinajstić information content (AvgIpc) is 1.82. The zero-order chi connectivity index (χ0) is 9.78. The summed E-state index contributed by atoms with van der Waals surface area (Å²) in [4.78, 5) is 10.9. The van der Waals surface area contributed by atoms with Gasteiger partial charge in [0.15, 0.2) is 0 Å². The third-order valence-corrected chi connectivity index (χ3v) is 0.888. The lowest BCUT2D eigenvalue weighted by Crippen LogP contribution is -2.37. The first kappa shape index (κ1) is 11.0. The number of aliphatic hydroxyl groups excluding tert-OH is 1. The number of rotatable bonds is 2. The molecule has 1 unspecified atom stereocenters. The Balaban J connectivity index is 3.82. The molecule has 0 fully saturated rings. The number of nitrogens with one attached hydrogen (secondary N) is 1. The van der Waals surface area contributed by atoms with Gasteiger partial charge in [0.1, 0.15) is 11.8 Å². The highest BCUT2D eigenvalue weighted by atomic mass is 16.6. The first-order valence-electron chi connectivity index (χ1n) is 3.65. The van der Waals surface area contributed by atoms with Crippen LogP contribution in [-0.2, 0) is 4.74 Å². The molecule has 0 aliphatic rings. The van der Waals surface area contributed by atoms with Crippen molar-refractivity contribution in [2.45, 2.75) is 32.6 Å². The molecule has 1 atom stereocenters. The smallest absolute Gasteiger partial charge is 0.409 e. The molecule has 4 heteroatoms. The van der Waals surface area contributed by atoms with Crippen molar-refractivity contribution in [3.05, 3.63) is 12.7 Å². The monoisotopic (exact) mass is 173 g/mol. The van der Waals surface area contributed by atoms with Crippen LogP contribution in [0.5, 0.6) is 0 Å². The Bertz CT molecular complexity index is 172. The molecule has 0 heterocycles. The van der Waals surface area contributed by atoms with Crippen molar-refractivity contribution in [3.8, 4) is 0 Å². The van der Waals surface area contributed by atoms with Gasteiger partial charge >= 0.3 is 6.09 Å². The highest BCUT2D eigenvalue weighted by Gasteiger charge is 2.16. The summed E-state index contributed by atoms with van der Waals surface area (Å²) in [5.74, 6) is 0. The van der Waals surface area contributed by atoms with Gasteiger partial charge in [-0.15, -0.1) is 0 Å². The minimum Gasteiger partial charge on any atom is -0.444 e. The largest absolute Gasteiger partial charge is 0.444 e. The van der Waals surface area contributed by atoms with Crippen LogP contribution in [0, 0.1) is 0 Å². The van der Waals surface area contributed by atoms with E-state index in [1.54, 1.807) is 20.8 Å². The molecular weight excluding hydrogens is 158 g/mol. The normalized spacial score (nSPS) is 13.3. The fraction of sp³-hybridized carbons (Fsp3) is 0.625. The lowest BCUT2D eigenvalue weighted by atomic mass is 10.2. The van der Waals surface area contributed by atoms with E-state index < -0.39 is 17.9 Å². The number of hydrogen-bond donors (Lipinski definition) is 2. The van der Waals surface area contributed by atoms with Gasteiger partial charge < -0.3 is 9.84 Å². The Kier molecular flexibility index (Phi) is 3.76. The van der Waals surface area contributed by atoms with E-state index in [0.29, 0.717) is 0 Å². The minimum absolute atomic E-state index is 0.551. The molecule has 0 saturated heterocycles. The second kappa shape index (κ2) is 4.11. The van der Waals surface area contributed by atoms with Crippen LogP contribution in [0.15, 0.2) is 12.7 Å². The minimum atomic E-state index is -1.06. The van der Waals surface area contributed by atoms with Gasteiger partial charge in [-0.25, -0.2) is 4.79 Å². The highest BCUT2D eigenvalue weighted by Crippen LogP contribution is 2.06. The molecule has 0 radical (unpaired) electrons. The molecule has 0 bridgehead atoms. The van der Waals surface area contributed by atoms with Crippen molar-refractivity contribution >= 4 is 6.09 Å². The third-order valence-electron chi connectivity index (χ3n) is 0.888. The Labute approximate surface area is 72.2 Å². The number of ether oxygens (including phenoxy) is 1. The Morgan fingerprint density at radius 1 is 1.67 bits per heavy atom. The van der Waals surface area contributed by atoms with Crippen molar-refractivity contribution in [1.82, 2.24) is 5.32 Å². The maximum atomic E-state index is 10.9. The van der Waals surface area contributed by atoms with Crippen LogP contribution in [0.3, 0.4) is 0 Å². The summed E-state index contributed by atoms with van der Waals surface area (Å²) in [7, 11) is 0. The second-order valence-electron chi connectivity index (χ2n) is 3.33. The van der Waals surface area contributed by atoms with Crippen LogP contribution in [0.25, 0.3) is 0 Å². The number of carbonyl (C=O) groups excluding carboxylic acids is 1. The summed E-state index contributed by atoms with van der Waals surface area (Å²) < 4.78 is 4.85. The van der Waals surface area contributed by atoms with Crippen LogP contribution in [-0.4, -0.2) is 23.0 Å². The fourth-order valence-corrected chi connectivity index (χ4v) is 0.487. The summed E-state index contributed by atoms with van der Waals surface area (Å²) in [6, 6.07) is 0. The molecule has 1 amide bonds. The molecule has 0 saturated carbocycles.